The zero-order chi connectivity index (χ0) is 22.0. The maximum absolute atomic E-state index is 14.0. The van der Waals surface area contributed by atoms with Gasteiger partial charge < -0.3 is 4.74 Å². The first-order chi connectivity index (χ1) is 14.2. The molecule has 3 nitrogen and oxygen atoms in total. The molecule has 0 N–H and O–H groups in total. The summed E-state index contributed by atoms with van der Waals surface area (Å²) in [6, 6.07) is 11.4. The highest BCUT2D eigenvalue weighted by Gasteiger charge is 2.17. The molecule has 0 atom stereocenters. The Labute approximate surface area is 179 Å². The van der Waals surface area contributed by atoms with Gasteiger partial charge >= 0.3 is 5.97 Å². The Bertz CT molecular complexity index is 1170. The summed E-state index contributed by atoms with van der Waals surface area (Å²) in [5.74, 6) is -2.95. The summed E-state index contributed by atoms with van der Waals surface area (Å²) in [6.07, 6.45) is 0. The van der Waals surface area contributed by atoms with Crippen LogP contribution in [0.15, 0.2) is 47.5 Å². The van der Waals surface area contributed by atoms with E-state index in [-0.39, 0.29) is 5.75 Å². The van der Waals surface area contributed by atoms with Crippen molar-refractivity contribution in [3.63, 3.8) is 0 Å². The van der Waals surface area contributed by atoms with Gasteiger partial charge in [-0.2, -0.15) is 4.99 Å². The van der Waals surface area contributed by atoms with Gasteiger partial charge in [0.2, 0.25) is 0 Å². The number of aliphatic imine (C=N–C) groups is 1. The molecule has 0 saturated heterocycles. The molecule has 0 aromatic heterocycles. The number of rotatable bonds is 4. The monoisotopic (exact) mass is 423 g/mol. The van der Waals surface area contributed by atoms with E-state index in [1.807, 2.05) is 38.1 Å². The van der Waals surface area contributed by atoms with Gasteiger partial charge in [-0.15, -0.1) is 0 Å². The first-order valence-electron chi connectivity index (χ1n) is 9.19. The molecular weight excluding hydrogens is 404 g/mol. The largest absolute Gasteiger partial charge is 0.423 e. The molecule has 6 heteroatoms. The van der Waals surface area contributed by atoms with Crippen molar-refractivity contribution in [1.82, 2.24) is 0 Å². The number of esters is 1. The van der Waals surface area contributed by atoms with Crippen molar-refractivity contribution in [3.8, 4) is 16.9 Å². The fraction of sp³-hybridized carbons (Fsp3) is 0.167. The van der Waals surface area contributed by atoms with Crippen LogP contribution in [0.2, 0.25) is 0 Å². The first kappa shape index (κ1) is 21.5. The quantitative estimate of drug-likeness (QED) is 0.200. The molecule has 30 heavy (non-hydrogen) atoms. The molecule has 3 rings (SSSR count). The van der Waals surface area contributed by atoms with Crippen LogP contribution in [0, 0.1) is 39.3 Å². The van der Waals surface area contributed by atoms with E-state index in [2.05, 4.69) is 29.3 Å². The zero-order valence-corrected chi connectivity index (χ0v) is 17.8. The molecule has 0 aliphatic heterocycles. The van der Waals surface area contributed by atoms with Gasteiger partial charge in [0, 0.05) is 12.1 Å². The molecule has 0 bridgehead atoms. The number of halogens is 2. The lowest BCUT2D eigenvalue weighted by Gasteiger charge is -2.14. The van der Waals surface area contributed by atoms with E-state index in [4.69, 9.17) is 4.74 Å². The Morgan fingerprint density at radius 3 is 2.07 bits per heavy atom. The Kier molecular flexibility index (Phi) is 6.20. The zero-order valence-electron chi connectivity index (χ0n) is 17.0. The van der Waals surface area contributed by atoms with E-state index in [9.17, 15) is 13.6 Å². The van der Waals surface area contributed by atoms with Crippen LogP contribution < -0.4 is 4.74 Å². The molecule has 152 valence electrons. The van der Waals surface area contributed by atoms with Gasteiger partial charge in [-0.1, -0.05) is 29.8 Å². The number of hydrogen-bond acceptors (Lipinski definition) is 4. The van der Waals surface area contributed by atoms with E-state index in [1.54, 1.807) is 13.0 Å². The number of ether oxygens (including phenoxy) is 1. The van der Waals surface area contributed by atoms with Crippen LogP contribution in [-0.4, -0.2) is 11.1 Å². The molecule has 0 fully saturated rings. The van der Waals surface area contributed by atoms with Gasteiger partial charge in [0.1, 0.15) is 11.4 Å². The van der Waals surface area contributed by atoms with Crippen molar-refractivity contribution in [1.29, 1.82) is 0 Å². The second-order valence-electron chi connectivity index (χ2n) is 7.13. The molecule has 0 unspecified atom stereocenters. The van der Waals surface area contributed by atoms with Crippen LogP contribution >= 0.6 is 12.2 Å². The van der Waals surface area contributed by atoms with E-state index in [0.717, 1.165) is 34.4 Å². The van der Waals surface area contributed by atoms with Crippen molar-refractivity contribution in [3.05, 3.63) is 81.9 Å². The summed E-state index contributed by atoms with van der Waals surface area (Å²) >= 11 is 4.37. The number of nitrogens with zero attached hydrogens (tertiary/aromatic N) is 1. The molecular formula is C24H19F2NO2S. The van der Waals surface area contributed by atoms with Crippen LogP contribution in [-0.2, 0) is 0 Å². The van der Waals surface area contributed by atoms with Crippen molar-refractivity contribution in [2.45, 2.75) is 27.7 Å². The summed E-state index contributed by atoms with van der Waals surface area (Å²) < 4.78 is 33.1. The summed E-state index contributed by atoms with van der Waals surface area (Å²) in [5.41, 5.74) is 6.00. The van der Waals surface area contributed by atoms with Gasteiger partial charge in [0.25, 0.3) is 0 Å². The van der Waals surface area contributed by atoms with Crippen molar-refractivity contribution >= 4 is 29.0 Å². The maximum Gasteiger partial charge on any atom is 0.343 e. The van der Waals surface area contributed by atoms with Crippen LogP contribution in [0.3, 0.4) is 0 Å². The second-order valence-corrected chi connectivity index (χ2v) is 7.31. The summed E-state index contributed by atoms with van der Waals surface area (Å²) in [5, 5.41) is 1.91. The van der Waals surface area contributed by atoms with Crippen molar-refractivity contribution in [2.24, 2.45) is 4.99 Å². The summed E-state index contributed by atoms with van der Waals surface area (Å²) in [6.45, 7) is 7.94. The number of hydrogen-bond donors (Lipinski definition) is 0. The number of thiocarbonyl (C=S) groups is 1. The molecule has 3 aromatic rings. The number of benzene rings is 3. The van der Waals surface area contributed by atoms with Gasteiger partial charge in [-0.25, -0.2) is 13.6 Å². The topological polar surface area (TPSA) is 38.7 Å². The first-order valence-corrected chi connectivity index (χ1v) is 9.60. The smallest absolute Gasteiger partial charge is 0.343 e. The van der Waals surface area contributed by atoms with Crippen LogP contribution in [0.5, 0.6) is 5.75 Å². The third kappa shape index (κ3) is 4.35. The van der Waals surface area contributed by atoms with E-state index in [1.165, 1.54) is 5.56 Å². The Morgan fingerprint density at radius 1 is 0.933 bits per heavy atom. The third-order valence-electron chi connectivity index (χ3n) is 4.77. The van der Waals surface area contributed by atoms with Gasteiger partial charge in [0.05, 0.1) is 10.7 Å². The Hall–Kier alpha value is -3.21. The molecule has 0 aliphatic carbocycles. The van der Waals surface area contributed by atoms with E-state index >= 15 is 0 Å². The fourth-order valence-corrected chi connectivity index (χ4v) is 3.69. The minimum Gasteiger partial charge on any atom is -0.423 e. The van der Waals surface area contributed by atoms with Crippen LogP contribution in [0.25, 0.3) is 11.1 Å². The molecule has 0 heterocycles. The normalized spacial score (nSPS) is 10.5. The Balaban J connectivity index is 1.91. The Morgan fingerprint density at radius 2 is 1.53 bits per heavy atom. The SMILES string of the molecule is Cc1cc(C)c(-c2ccc(C(=O)Oc3cc(F)c(N=C=S)c(F)c3)c(C)c2)c(C)c1. The van der Waals surface area contributed by atoms with E-state index < -0.39 is 23.3 Å². The molecule has 0 aliphatic rings. The predicted octanol–water partition coefficient (Wildman–Crippen LogP) is 6.82. The van der Waals surface area contributed by atoms with E-state index in [0.29, 0.717) is 11.1 Å². The molecule has 0 radical (unpaired) electrons. The lowest BCUT2D eigenvalue weighted by molar-refractivity contribution is 0.0733. The van der Waals surface area contributed by atoms with Crippen molar-refractivity contribution < 1.29 is 18.3 Å². The lowest BCUT2D eigenvalue weighted by atomic mass is 9.92. The maximum atomic E-state index is 14.0. The number of aryl methyl sites for hydroxylation is 4. The molecule has 0 amide bonds. The fourth-order valence-electron chi connectivity index (χ4n) is 3.60. The van der Waals surface area contributed by atoms with Crippen LogP contribution in [0.4, 0.5) is 14.5 Å². The van der Waals surface area contributed by atoms with Gasteiger partial charge in [-0.3, -0.25) is 0 Å². The highest BCUT2D eigenvalue weighted by molar-refractivity contribution is 7.78. The standard InChI is InChI=1S/C24H19F2NO2S/c1-13-7-15(3)22(16(4)8-13)17-5-6-19(14(2)9-17)24(28)29-18-10-20(25)23(27-12-30)21(26)11-18/h5-11H,1-4H3. The highest BCUT2D eigenvalue weighted by Crippen LogP contribution is 2.31. The lowest BCUT2D eigenvalue weighted by Crippen LogP contribution is -2.11. The molecule has 0 spiro atoms. The third-order valence-corrected chi connectivity index (χ3v) is 4.86. The summed E-state index contributed by atoms with van der Waals surface area (Å²) in [7, 11) is 0. The highest BCUT2D eigenvalue weighted by atomic mass is 32.1. The average Bonchev–Trinajstić information content (AvgIpc) is 2.64. The second kappa shape index (κ2) is 8.66. The van der Waals surface area contributed by atoms with Gasteiger partial charge in [0.15, 0.2) is 11.6 Å². The van der Waals surface area contributed by atoms with Crippen LogP contribution in [0.1, 0.15) is 32.6 Å². The van der Waals surface area contributed by atoms with Crippen molar-refractivity contribution in [2.75, 3.05) is 0 Å². The average molecular weight is 423 g/mol. The molecule has 3 aromatic carbocycles. The number of isothiocyanates is 1. The predicted molar refractivity (Wildman–Crippen MR) is 117 cm³/mol. The molecule has 0 saturated carbocycles. The summed E-state index contributed by atoms with van der Waals surface area (Å²) in [4.78, 5) is 15.9. The number of carbonyl (C=O) groups excluding carboxylic acids is 1. The minimum atomic E-state index is -0.993. The minimum absolute atomic E-state index is 0.257. The number of carbonyl (C=O) groups is 1. The van der Waals surface area contributed by atoms with Gasteiger partial charge in [-0.05, 0) is 73.8 Å².